The fourth-order valence-corrected chi connectivity index (χ4v) is 3.30. The Balaban J connectivity index is 1.65. The molecule has 1 heterocycles. The Morgan fingerprint density at radius 3 is 2.65 bits per heavy atom. The molecule has 1 aliphatic rings. The van der Waals surface area contributed by atoms with Crippen molar-refractivity contribution in [3.63, 3.8) is 0 Å². The SMILES string of the molecule is COc1ccc(Cl)cc1NC(=O)C(C)N1CC=C(c2ccccc2)CC1. The lowest BCUT2D eigenvalue weighted by Gasteiger charge is -2.31. The van der Waals surface area contributed by atoms with Crippen LogP contribution in [0.4, 0.5) is 5.69 Å². The molecule has 0 aromatic heterocycles. The number of hydrogen-bond acceptors (Lipinski definition) is 3. The molecule has 1 atom stereocenters. The molecule has 0 saturated carbocycles. The van der Waals surface area contributed by atoms with E-state index >= 15 is 0 Å². The van der Waals surface area contributed by atoms with Gasteiger partial charge in [0.05, 0.1) is 18.8 Å². The summed E-state index contributed by atoms with van der Waals surface area (Å²) in [6, 6.07) is 15.3. The molecule has 1 N–H and O–H groups in total. The zero-order valence-corrected chi connectivity index (χ0v) is 15.8. The number of rotatable bonds is 5. The van der Waals surface area contributed by atoms with E-state index in [-0.39, 0.29) is 11.9 Å². The molecule has 0 spiro atoms. The van der Waals surface area contributed by atoms with E-state index in [0.29, 0.717) is 16.5 Å². The second-order valence-electron chi connectivity index (χ2n) is 6.35. The maximum absolute atomic E-state index is 12.7. The van der Waals surface area contributed by atoms with Gasteiger partial charge in [0.2, 0.25) is 5.91 Å². The molecule has 0 aliphatic carbocycles. The lowest BCUT2D eigenvalue weighted by molar-refractivity contribution is -0.120. The normalized spacial score (nSPS) is 15.9. The van der Waals surface area contributed by atoms with Crippen LogP contribution in [-0.4, -0.2) is 37.0 Å². The van der Waals surface area contributed by atoms with Crippen molar-refractivity contribution in [1.82, 2.24) is 4.90 Å². The van der Waals surface area contributed by atoms with Crippen LogP contribution in [0.25, 0.3) is 5.57 Å². The van der Waals surface area contributed by atoms with Gasteiger partial charge in [-0.1, -0.05) is 48.0 Å². The molecule has 0 saturated heterocycles. The largest absolute Gasteiger partial charge is 0.495 e. The number of nitrogens with one attached hydrogen (secondary N) is 1. The Morgan fingerprint density at radius 2 is 2.00 bits per heavy atom. The van der Waals surface area contributed by atoms with Crippen molar-refractivity contribution in [2.75, 3.05) is 25.5 Å². The van der Waals surface area contributed by atoms with Gasteiger partial charge in [0.15, 0.2) is 0 Å². The Kier molecular flexibility index (Phi) is 5.96. The molecule has 136 valence electrons. The second kappa shape index (κ2) is 8.39. The molecular formula is C21H23ClN2O2. The van der Waals surface area contributed by atoms with Crippen molar-refractivity contribution in [2.45, 2.75) is 19.4 Å². The van der Waals surface area contributed by atoms with Gasteiger partial charge in [-0.15, -0.1) is 0 Å². The highest BCUT2D eigenvalue weighted by Gasteiger charge is 2.24. The van der Waals surface area contributed by atoms with Gasteiger partial charge in [-0.05, 0) is 42.7 Å². The highest BCUT2D eigenvalue weighted by Crippen LogP contribution is 2.28. The van der Waals surface area contributed by atoms with E-state index in [1.165, 1.54) is 11.1 Å². The van der Waals surface area contributed by atoms with E-state index < -0.39 is 0 Å². The summed E-state index contributed by atoms with van der Waals surface area (Å²) in [5.41, 5.74) is 3.19. The fraction of sp³-hybridized carbons (Fsp3) is 0.286. The van der Waals surface area contributed by atoms with Crippen LogP contribution >= 0.6 is 11.6 Å². The van der Waals surface area contributed by atoms with E-state index in [4.69, 9.17) is 16.3 Å². The van der Waals surface area contributed by atoms with Crippen molar-refractivity contribution in [1.29, 1.82) is 0 Å². The maximum atomic E-state index is 12.7. The van der Waals surface area contributed by atoms with Crippen LogP contribution in [0.15, 0.2) is 54.6 Å². The molecule has 1 amide bonds. The van der Waals surface area contributed by atoms with Crippen LogP contribution in [-0.2, 0) is 4.79 Å². The molecule has 0 bridgehead atoms. The number of carbonyl (C=O) groups excluding carboxylic acids is 1. The summed E-state index contributed by atoms with van der Waals surface area (Å²) in [4.78, 5) is 14.8. The molecule has 3 rings (SSSR count). The van der Waals surface area contributed by atoms with Gasteiger partial charge >= 0.3 is 0 Å². The standard InChI is InChI=1S/C21H23ClN2O2/c1-15(21(25)23-19-14-18(22)8-9-20(19)26-2)24-12-10-17(11-13-24)16-6-4-3-5-7-16/h3-10,14-15H,11-13H2,1-2H3,(H,23,25). The minimum Gasteiger partial charge on any atom is -0.495 e. The van der Waals surface area contributed by atoms with Gasteiger partial charge in [-0.3, -0.25) is 9.69 Å². The minimum absolute atomic E-state index is 0.0675. The molecule has 26 heavy (non-hydrogen) atoms. The van der Waals surface area contributed by atoms with E-state index in [1.807, 2.05) is 13.0 Å². The quantitative estimate of drug-likeness (QED) is 0.844. The highest BCUT2D eigenvalue weighted by atomic mass is 35.5. The topological polar surface area (TPSA) is 41.6 Å². The number of hydrogen-bond donors (Lipinski definition) is 1. The second-order valence-corrected chi connectivity index (χ2v) is 6.79. The zero-order chi connectivity index (χ0) is 18.5. The monoisotopic (exact) mass is 370 g/mol. The van der Waals surface area contributed by atoms with Gasteiger partial charge in [0.1, 0.15) is 5.75 Å². The van der Waals surface area contributed by atoms with Crippen LogP contribution in [0.2, 0.25) is 5.02 Å². The smallest absolute Gasteiger partial charge is 0.241 e. The van der Waals surface area contributed by atoms with Gasteiger partial charge in [-0.2, -0.15) is 0 Å². The Labute approximate surface area is 159 Å². The molecular weight excluding hydrogens is 348 g/mol. The average Bonchev–Trinajstić information content (AvgIpc) is 2.68. The van der Waals surface area contributed by atoms with E-state index in [2.05, 4.69) is 40.6 Å². The van der Waals surface area contributed by atoms with Gasteiger partial charge in [-0.25, -0.2) is 0 Å². The molecule has 1 unspecified atom stereocenters. The third kappa shape index (κ3) is 4.26. The van der Waals surface area contributed by atoms with Gasteiger partial charge < -0.3 is 10.1 Å². The Morgan fingerprint density at radius 1 is 1.23 bits per heavy atom. The fourth-order valence-electron chi connectivity index (χ4n) is 3.13. The number of ether oxygens (including phenoxy) is 1. The molecule has 1 aliphatic heterocycles. The Bertz CT molecular complexity index is 805. The Hall–Kier alpha value is -2.30. The van der Waals surface area contributed by atoms with Crippen LogP contribution in [0, 0.1) is 0 Å². The lowest BCUT2D eigenvalue weighted by Crippen LogP contribution is -2.44. The summed E-state index contributed by atoms with van der Waals surface area (Å²) in [7, 11) is 1.57. The average molecular weight is 371 g/mol. The third-order valence-corrected chi connectivity index (χ3v) is 4.97. The van der Waals surface area contributed by atoms with Crippen molar-refractivity contribution in [3.05, 3.63) is 65.2 Å². The summed E-state index contributed by atoms with van der Waals surface area (Å²) >= 11 is 6.03. The number of nitrogens with zero attached hydrogens (tertiary/aromatic N) is 1. The molecule has 0 radical (unpaired) electrons. The molecule has 2 aromatic rings. The number of anilines is 1. The predicted octanol–water partition coefficient (Wildman–Crippen LogP) is 4.46. The van der Waals surface area contributed by atoms with Gasteiger partial charge in [0, 0.05) is 18.1 Å². The maximum Gasteiger partial charge on any atom is 0.241 e. The number of amides is 1. The van der Waals surface area contributed by atoms with Crippen molar-refractivity contribution < 1.29 is 9.53 Å². The van der Waals surface area contributed by atoms with Crippen molar-refractivity contribution in [3.8, 4) is 5.75 Å². The summed E-state index contributed by atoms with van der Waals surface area (Å²) in [5, 5.41) is 3.49. The van der Waals surface area contributed by atoms with Crippen molar-refractivity contribution in [2.24, 2.45) is 0 Å². The molecule has 5 heteroatoms. The minimum atomic E-state index is -0.243. The van der Waals surface area contributed by atoms with Crippen LogP contribution in [0.3, 0.4) is 0 Å². The van der Waals surface area contributed by atoms with E-state index in [1.54, 1.807) is 25.3 Å². The van der Waals surface area contributed by atoms with E-state index in [0.717, 1.165) is 19.5 Å². The number of benzene rings is 2. The highest BCUT2D eigenvalue weighted by molar-refractivity contribution is 6.31. The summed E-state index contributed by atoms with van der Waals surface area (Å²) in [5.74, 6) is 0.530. The first-order valence-corrected chi connectivity index (χ1v) is 9.09. The zero-order valence-electron chi connectivity index (χ0n) is 15.0. The van der Waals surface area contributed by atoms with Crippen LogP contribution in [0.5, 0.6) is 5.75 Å². The summed E-state index contributed by atoms with van der Waals surface area (Å²) in [6.07, 6.45) is 3.14. The lowest BCUT2D eigenvalue weighted by atomic mass is 9.99. The van der Waals surface area contributed by atoms with Gasteiger partial charge in [0.25, 0.3) is 0 Å². The first-order chi connectivity index (χ1) is 12.6. The number of halogens is 1. The molecule has 4 nitrogen and oxygen atoms in total. The van der Waals surface area contributed by atoms with Crippen LogP contribution < -0.4 is 10.1 Å². The van der Waals surface area contributed by atoms with Crippen LogP contribution in [0.1, 0.15) is 18.9 Å². The predicted molar refractivity (Wildman–Crippen MR) is 107 cm³/mol. The number of methoxy groups -OCH3 is 1. The summed E-state index contributed by atoms with van der Waals surface area (Å²) < 4.78 is 5.29. The van der Waals surface area contributed by atoms with E-state index in [9.17, 15) is 4.79 Å². The van der Waals surface area contributed by atoms with Crippen molar-refractivity contribution >= 4 is 28.8 Å². The molecule has 0 fully saturated rings. The third-order valence-electron chi connectivity index (χ3n) is 4.73. The first kappa shape index (κ1) is 18.5. The summed E-state index contributed by atoms with van der Waals surface area (Å²) in [6.45, 7) is 3.53. The first-order valence-electron chi connectivity index (χ1n) is 8.71. The number of carbonyl (C=O) groups is 1. The molecule has 2 aromatic carbocycles.